The van der Waals surface area contributed by atoms with Crippen molar-refractivity contribution in [1.29, 1.82) is 0 Å². The fourth-order valence-corrected chi connectivity index (χ4v) is 8.41. The van der Waals surface area contributed by atoms with Gasteiger partial charge in [0, 0.05) is 12.8 Å². The maximum Gasteiger partial charge on any atom is 0.229 e. The van der Waals surface area contributed by atoms with E-state index in [2.05, 4.69) is 20.5 Å². The predicted octanol–water partition coefficient (Wildman–Crippen LogP) is 3.04. The molecule has 0 spiro atoms. The monoisotopic (exact) mass is 418 g/mol. The lowest BCUT2D eigenvalue weighted by Crippen LogP contribution is -2.59. The van der Waals surface area contributed by atoms with Gasteiger partial charge in [0.25, 0.3) is 0 Å². The number of rotatable bonds is 5. The molecular weight excluding hydrogens is 400 g/mol. The first-order valence-electron chi connectivity index (χ1n) is 8.74. The average molecular weight is 419 g/mol. The molecule has 0 bridgehead atoms. The Morgan fingerprint density at radius 1 is 0.607 bits per heavy atom. The highest BCUT2D eigenvalue weighted by Gasteiger charge is 2.70. The lowest BCUT2D eigenvalue weighted by Gasteiger charge is -2.38. The molecule has 0 aliphatic carbocycles. The van der Waals surface area contributed by atoms with Gasteiger partial charge in [-0.2, -0.15) is 20.5 Å². The van der Waals surface area contributed by atoms with Crippen molar-refractivity contribution in [3.8, 4) is 0 Å². The molecule has 2 aromatic rings. The number of azo groups is 2. The zero-order valence-corrected chi connectivity index (χ0v) is 16.5. The Hall–Kier alpha value is -2.46. The van der Waals surface area contributed by atoms with E-state index in [4.69, 9.17) is 0 Å². The Labute approximate surface area is 163 Å². The van der Waals surface area contributed by atoms with Crippen LogP contribution in [-0.2, 0) is 19.7 Å². The molecule has 0 N–H and O–H groups in total. The first-order chi connectivity index (χ1) is 13.4. The third-order valence-electron chi connectivity index (χ3n) is 5.17. The molecule has 0 aromatic heterocycles. The van der Waals surface area contributed by atoms with E-state index < -0.39 is 29.4 Å². The van der Waals surface area contributed by atoms with Gasteiger partial charge in [-0.3, -0.25) is 0 Å². The van der Waals surface area contributed by atoms with Crippen LogP contribution in [-0.4, -0.2) is 39.7 Å². The Morgan fingerprint density at radius 3 is 1.25 bits per heavy atom. The van der Waals surface area contributed by atoms with Gasteiger partial charge in [0.1, 0.15) is 0 Å². The van der Waals surface area contributed by atoms with Gasteiger partial charge in [-0.05, 0) is 24.3 Å². The quantitative estimate of drug-likeness (QED) is 0.741. The highest BCUT2D eigenvalue weighted by Crippen LogP contribution is 2.52. The molecule has 146 valence electrons. The van der Waals surface area contributed by atoms with Crippen LogP contribution in [0, 0.1) is 0 Å². The molecule has 2 atom stereocenters. The fourth-order valence-electron chi connectivity index (χ4n) is 3.76. The average Bonchev–Trinajstić information content (AvgIpc) is 3.41. The standard InChI is InChI=1S/C18H18N4O4S2/c23-27(24,15-7-3-1-4-8-15)17(11-13-19-21-17)18(12-14-20-22-18)28(25,26)16-9-5-2-6-10-16/h1-10H,11-14H2. The van der Waals surface area contributed by atoms with E-state index in [-0.39, 0.29) is 35.7 Å². The molecule has 2 heterocycles. The van der Waals surface area contributed by atoms with E-state index in [1.165, 1.54) is 24.3 Å². The smallest absolute Gasteiger partial charge is 0.221 e. The summed E-state index contributed by atoms with van der Waals surface area (Å²) >= 11 is 0. The van der Waals surface area contributed by atoms with Gasteiger partial charge in [-0.25, -0.2) is 16.8 Å². The maximum absolute atomic E-state index is 13.7. The Kier molecular flexibility index (Phi) is 4.42. The molecule has 2 unspecified atom stereocenters. The lowest BCUT2D eigenvalue weighted by molar-refractivity contribution is 0.387. The minimum absolute atomic E-state index is 0.0133. The molecule has 2 aromatic carbocycles. The molecule has 8 nitrogen and oxygen atoms in total. The van der Waals surface area contributed by atoms with Crippen LogP contribution in [0.5, 0.6) is 0 Å². The van der Waals surface area contributed by atoms with E-state index in [1.54, 1.807) is 36.4 Å². The fraction of sp³-hybridized carbons (Fsp3) is 0.333. The SMILES string of the molecule is O=S(=O)(c1ccccc1)C1(C2(S(=O)(=O)c3ccccc3)CCN=N2)CCN=N1. The third-order valence-corrected chi connectivity index (χ3v) is 10.1. The minimum atomic E-state index is -4.23. The van der Waals surface area contributed by atoms with Crippen LogP contribution in [0.15, 0.2) is 90.9 Å². The summed E-state index contributed by atoms with van der Waals surface area (Å²) < 4.78 is 54.8. The summed E-state index contributed by atoms with van der Waals surface area (Å²) in [5.41, 5.74) is 0. The third kappa shape index (κ3) is 2.40. The highest BCUT2D eigenvalue weighted by atomic mass is 32.2. The van der Waals surface area contributed by atoms with Gasteiger partial charge in [0.15, 0.2) is 0 Å². The van der Waals surface area contributed by atoms with Crippen molar-refractivity contribution in [2.24, 2.45) is 20.5 Å². The van der Waals surface area contributed by atoms with Crippen LogP contribution in [0.25, 0.3) is 0 Å². The van der Waals surface area contributed by atoms with Crippen molar-refractivity contribution in [2.75, 3.05) is 13.1 Å². The van der Waals surface area contributed by atoms with Gasteiger partial charge >= 0.3 is 0 Å². The summed E-state index contributed by atoms with van der Waals surface area (Å²) in [6, 6.07) is 15.4. The maximum atomic E-state index is 13.7. The number of benzene rings is 2. The molecule has 28 heavy (non-hydrogen) atoms. The van der Waals surface area contributed by atoms with Gasteiger partial charge in [-0.1, -0.05) is 36.4 Å². The largest absolute Gasteiger partial charge is 0.229 e. The van der Waals surface area contributed by atoms with Crippen molar-refractivity contribution in [2.45, 2.75) is 32.4 Å². The van der Waals surface area contributed by atoms with E-state index in [0.29, 0.717) is 0 Å². The van der Waals surface area contributed by atoms with E-state index >= 15 is 0 Å². The van der Waals surface area contributed by atoms with Crippen LogP contribution in [0.3, 0.4) is 0 Å². The number of hydrogen-bond donors (Lipinski definition) is 0. The van der Waals surface area contributed by atoms with Crippen molar-refractivity contribution in [1.82, 2.24) is 0 Å². The van der Waals surface area contributed by atoms with E-state index in [9.17, 15) is 16.8 Å². The van der Waals surface area contributed by atoms with Crippen LogP contribution in [0.4, 0.5) is 0 Å². The van der Waals surface area contributed by atoms with Crippen LogP contribution in [0.1, 0.15) is 12.8 Å². The Morgan fingerprint density at radius 2 is 0.964 bits per heavy atom. The zero-order valence-electron chi connectivity index (χ0n) is 14.8. The molecule has 10 heteroatoms. The van der Waals surface area contributed by atoms with Crippen LogP contribution in [0.2, 0.25) is 0 Å². The minimum Gasteiger partial charge on any atom is -0.221 e. The van der Waals surface area contributed by atoms with Gasteiger partial charge in [0.05, 0.1) is 22.9 Å². The summed E-state index contributed by atoms with van der Waals surface area (Å²) in [5, 5.41) is 15.9. The van der Waals surface area contributed by atoms with Crippen molar-refractivity contribution in [3.05, 3.63) is 60.7 Å². The summed E-state index contributed by atoms with van der Waals surface area (Å²) in [7, 11) is -8.45. The first kappa shape index (κ1) is 18.9. The highest BCUT2D eigenvalue weighted by molar-refractivity contribution is 7.97. The predicted molar refractivity (Wildman–Crippen MR) is 101 cm³/mol. The van der Waals surface area contributed by atoms with E-state index in [1.807, 2.05) is 0 Å². The second kappa shape index (κ2) is 6.56. The second-order valence-electron chi connectivity index (χ2n) is 6.63. The van der Waals surface area contributed by atoms with Gasteiger partial charge in [-0.15, -0.1) is 0 Å². The summed E-state index contributed by atoms with van der Waals surface area (Å²) in [5.74, 6) is 0. The molecule has 0 fully saturated rings. The van der Waals surface area contributed by atoms with Crippen molar-refractivity contribution >= 4 is 19.7 Å². The summed E-state index contributed by atoms with van der Waals surface area (Å²) in [6.45, 7) is 0.210. The summed E-state index contributed by atoms with van der Waals surface area (Å²) in [6.07, 6.45) is -0.148. The topological polar surface area (TPSA) is 118 Å². The first-order valence-corrected chi connectivity index (χ1v) is 11.7. The lowest BCUT2D eigenvalue weighted by atomic mass is 10.0. The van der Waals surface area contributed by atoms with Gasteiger partial charge in [0.2, 0.25) is 29.4 Å². The Bertz CT molecular complexity index is 1060. The molecule has 2 aliphatic rings. The molecular formula is C18H18N4O4S2. The molecule has 4 rings (SSSR count). The molecule has 0 radical (unpaired) electrons. The molecule has 0 saturated carbocycles. The van der Waals surface area contributed by atoms with Crippen molar-refractivity contribution < 1.29 is 16.8 Å². The van der Waals surface area contributed by atoms with Gasteiger partial charge < -0.3 is 0 Å². The van der Waals surface area contributed by atoms with E-state index in [0.717, 1.165) is 0 Å². The van der Waals surface area contributed by atoms with Crippen molar-refractivity contribution in [3.63, 3.8) is 0 Å². The second-order valence-corrected chi connectivity index (χ2v) is 10.9. The summed E-state index contributed by atoms with van der Waals surface area (Å²) in [4.78, 5) is -4.15. The van der Waals surface area contributed by atoms with Crippen LogP contribution < -0.4 is 0 Å². The number of nitrogens with zero attached hydrogens (tertiary/aromatic N) is 4. The zero-order chi connectivity index (χ0) is 19.9. The normalized spacial score (nSPS) is 27.3. The Balaban J connectivity index is 2.01. The molecule has 0 amide bonds. The number of sulfone groups is 2. The van der Waals surface area contributed by atoms with Crippen LogP contribution >= 0.6 is 0 Å². The molecule has 2 aliphatic heterocycles. The number of hydrogen-bond acceptors (Lipinski definition) is 8. The molecule has 0 saturated heterocycles.